The molecule has 0 fully saturated rings. The van der Waals surface area contributed by atoms with E-state index in [9.17, 15) is 48.7 Å². The summed E-state index contributed by atoms with van der Waals surface area (Å²) in [6.07, 6.45) is 15.3. The summed E-state index contributed by atoms with van der Waals surface area (Å²) in [5, 5.41) is 29.5. The van der Waals surface area contributed by atoms with E-state index >= 15 is 0 Å². The summed E-state index contributed by atoms with van der Waals surface area (Å²) >= 11 is 0. The van der Waals surface area contributed by atoms with Gasteiger partial charge in [-0.05, 0) is 128 Å². The van der Waals surface area contributed by atoms with Gasteiger partial charge < -0.3 is 31.5 Å². The van der Waals surface area contributed by atoms with Crippen molar-refractivity contribution in [1.82, 2.24) is 51.0 Å². The van der Waals surface area contributed by atoms with Crippen LogP contribution in [0, 0.1) is 40.4 Å². The quantitative estimate of drug-likeness (QED) is 0.0102. The molecule has 7 N–H and O–H groups in total. The first-order valence-electron chi connectivity index (χ1n) is 35.8. The number of aromatic nitrogens is 5. The number of benzene rings is 1. The molecule has 0 aliphatic rings. The van der Waals surface area contributed by atoms with Crippen LogP contribution >= 0.6 is 24.8 Å². The Morgan fingerprint density at radius 2 is 0.888 bits per heavy atom. The Labute approximate surface area is 648 Å². The van der Waals surface area contributed by atoms with Gasteiger partial charge in [-0.1, -0.05) is 183 Å². The standard InChI is InChI=1S/C27H37N3O4.C20H31N3O4.C17H26N2O3.C12H18N2O.C6H7N.2ClH/c1-5-6-14-22(18-30(20-31)34-19-21-12-8-7-9-13-21)26(33)29-25(27(2,3)4)24(32)17-23-15-10-11-16-28-23;1-5-6-9-15(13-23(27)14-24)19(26)22-18(20(2,3)4)17(25)12-16-10-7-8-11-21-16;1-16(2,3)14(19-15(21)22-17(4,5)6)13(20)11-12-9-7-8-10-18-12;1-12(2,3)11(13)10(15)8-9-6-4-5-7-14-9;1-6-4-2-3-5-7-6;;/h7-13,15-16,20,22,25H,5-6,14,17-19H2,1-4H3,(H,29,33);7-8,10-11,14-15,18,27H,5-6,9,12-13H2,1-4H3,(H,22,26);7-10,14H,11H2,1-6H3,(H,19,21);4-8,11,15H,13H2,1-3H3;2-5H,1H3;2*1H/t22-,25-;15-,18-;14-;11-;;;/m1111.../s1. The topological polar surface area (TPSA) is 329 Å². The maximum atomic E-state index is 13.3. The number of ketones is 3. The van der Waals surface area contributed by atoms with Crippen LogP contribution in [0.1, 0.15) is 190 Å². The molecule has 0 unspecified atom stereocenters. The van der Waals surface area contributed by atoms with Crippen molar-refractivity contribution in [2.45, 2.75) is 219 Å². The second kappa shape index (κ2) is 49.9. The molecule has 0 bridgehead atoms. The SMILES string of the molecule is CC(C)(C)OC(=O)N[C@H](C(=O)Cc1ccccn1)C(C)(C)C.CC(C)(C)[C@H](N)C(O)=Cc1ccccn1.CCCC[C@H](CN(C=O)OCc1ccccc1)C(=O)N[C@H](C(=O)Cc1ccccn1)C(C)(C)C.CCCC[C@H](CN(O)C=O)C(=O)N[C@H](C(=O)Cc1ccccn1)C(C)(C)C.Cc1ccccn1.Cl.Cl. The number of nitrogens with zero attached hydrogens (tertiary/aromatic N) is 7. The molecule has 1 aromatic carbocycles. The number of aliphatic hydroxyl groups is 1. The number of alkyl carbamates (subject to hydrolysis) is 1. The monoisotopic (exact) mass is 1520 g/mol. The average molecular weight is 1520 g/mol. The van der Waals surface area contributed by atoms with Crippen LogP contribution in [-0.2, 0) is 69.0 Å². The summed E-state index contributed by atoms with van der Waals surface area (Å²) in [5.74, 6) is -1.79. The van der Waals surface area contributed by atoms with Gasteiger partial charge in [0.1, 0.15) is 18.0 Å². The average Bonchev–Trinajstić information content (AvgIpc) is 0.847. The number of aliphatic hydroxyl groups excluding tert-OH is 1. The van der Waals surface area contributed by atoms with Crippen molar-refractivity contribution < 1.29 is 58.2 Å². The molecule has 6 aromatic rings. The Morgan fingerprint density at radius 3 is 1.21 bits per heavy atom. The predicted octanol–water partition coefficient (Wildman–Crippen LogP) is 14.2. The molecule has 5 aromatic heterocycles. The number of hydrogen-bond donors (Lipinski definition) is 6. The van der Waals surface area contributed by atoms with E-state index in [4.69, 9.17) is 15.3 Å². The lowest BCUT2D eigenvalue weighted by Crippen LogP contribution is -2.52. The zero-order valence-electron chi connectivity index (χ0n) is 66.1. The van der Waals surface area contributed by atoms with Gasteiger partial charge >= 0.3 is 6.09 Å². The minimum atomic E-state index is -0.695. The number of nitrogens with two attached hydrogens (primary N) is 1. The maximum Gasteiger partial charge on any atom is 0.408 e. The van der Waals surface area contributed by atoms with Crippen LogP contribution in [0.2, 0.25) is 0 Å². The van der Waals surface area contributed by atoms with E-state index in [1.54, 1.807) is 94.2 Å². The molecule has 5 amide bonds. The van der Waals surface area contributed by atoms with Gasteiger partial charge in [-0.15, -0.1) is 24.8 Å². The van der Waals surface area contributed by atoms with Crippen LogP contribution < -0.4 is 21.7 Å². The Balaban J connectivity index is 0.00000139. The molecule has 5 heterocycles. The number of ether oxygens (including phenoxy) is 1. The van der Waals surface area contributed by atoms with E-state index in [0.717, 1.165) is 42.6 Å². The van der Waals surface area contributed by atoms with E-state index in [1.807, 2.05) is 189 Å². The van der Waals surface area contributed by atoms with Gasteiger partial charge in [0, 0.05) is 59.8 Å². The Hall–Kier alpha value is -8.87. The number of carbonyl (C=O) groups is 8. The normalized spacial score (nSPS) is 13.0. The van der Waals surface area contributed by atoms with Gasteiger partial charge in [-0.3, -0.25) is 68.5 Å². The number of aryl methyl sites for hydroxylation is 1. The van der Waals surface area contributed by atoms with Gasteiger partial charge in [-0.25, -0.2) is 14.9 Å². The summed E-state index contributed by atoms with van der Waals surface area (Å²) in [5.41, 5.74) is 8.48. The first kappa shape index (κ1) is 98.1. The highest BCUT2D eigenvalue weighted by atomic mass is 35.5. The van der Waals surface area contributed by atoms with Crippen molar-refractivity contribution in [3.05, 3.63) is 192 Å². The number of rotatable bonds is 31. The Morgan fingerprint density at radius 1 is 0.505 bits per heavy atom. The molecule has 0 spiro atoms. The third kappa shape index (κ3) is 41.7. The third-order valence-electron chi connectivity index (χ3n) is 15.9. The second-order valence-electron chi connectivity index (χ2n) is 31.0. The van der Waals surface area contributed by atoms with Crippen molar-refractivity contribution in [3.8, 4) is 0 Å². The number of amides is 5. The highest BCUT2D eigenvalue weighted by Gasteiger charge is 2.38. The van der Waals surface area contributed by atoms with E-state index in [0.29, 0.717) is 41.4 Å². The lowest BCUT2D eigenvalue weighted by atomic mass is 9.82. The molecule has 25 heteroatoms. The molecule has 0 aliphatic carbocycles. The third-order valence-corrected chi connectivity index (χ3v) is 15.9. The molecule has 0 aliphatic heterocycles. The summed E-state index contributed by atoms with van der Waals surface area (Å²) in [6.45, 7) is 34.8. The number of hydroxylamine groups is 4. The van der Waals surface area contributed by atoms with Crippen LogP contribution in [0.4, 0.5) is 4.79 Å². The first-order chi connectivity index (χ1) is 49.2. The summed E-state index contributed by atoms with van der Waals surface area (Å²) in [6, 6.07) is 34.8. The fraction of sp³-hybridized carbons (Fsp3) is 0.500. The number of pyridine rings is 5. The minimum Gasteiger partial charge on any atom is -0.511 e. The number of hydrogen-bond acceptors (Lipinski definition) is 18. The molecule has 23 nitrogen and oxygen atoms in total. The van der Waals surface area contributed by atoms with Crippen molar-refractivity contribution in [2.75, 3.05) is 13.1 Å². The van der Waals surface area contributed by atoms with Gasteiger partial charge in [0.2, 0.25) is 24.6 Å². The summed E-state index contributed by atoms with van der Waals surface area (Å²) in [7, 11) is 0. The van der Waals surface area contributed by atoms with E-state index < -0.39 is 57.9 Å². The molecule has 590 valence electrons. The van der Waals surface area contributed by atoms with E-state index in [2.05, 4.69) is 40.9 Å². The van der Waals surface area contributed by atoms with Crippen LogP contribution in [-0.4, -0.2) is 136 Å². The fourth-order valence-electron chi connectivity index (χ4n) is 10.1. The number of carbonyl (C=O) groups excluding carboxylic acids is 8. The lowest BCUT2D eigenvalue weighted by molar-refractivity contribution is -0.182. The van der Waals surface area contributed by atoms with Gasteiger partial charge in [0.15, 0.2) is 17.3 Å². The van der Waals surface area contributed by atoms with Crippen molar-refractivity contribution in [2.24, 2.45) is 39.2 Å². The van der Waals surface area contributed by atoms with E-state index in [1.165, 1.54) is 5.06 Å². The summed E-state index contributed by atoms with van der Waals surface area (Å²) < 4.78 is 5.25. The summed E-state index contributed by atoms with van der Waals surface area (Å²) in [4.78, 5) is 125. The van der Waals surface area contributed by atoms with Gasteiger partial charge in [0.05, 0.1) is 74.0 Å². The zero-order valence-corrected chi connectivity index (χ0v) is 67.7. The molecule has 6 rings (SSSR count). The van der Waals surface area contributed by atoms with Crippen molar-refractivity contribution in [3.63, 3.8) is 0 Å². The largest absolute Gasteiger partial charge is 0.511 e. The molecule has 6 atom stereocenters. The molecule has 0 radical (unpaired) electrons. The van der Waals surface area contributed by atoms with Crippen LogP contribution in [0.25, 0.3) is 6.08 Å². The molecule has 107 heavy (non-hydrogen) atoms. The zero-order chi connectivity index (χ0) is 79.0. The molecule has 0 saturated carbocycles. The van der Waals surface area contributed by atoms with Gasteiger partial charge in [0.25, 0.3) is 0 Å². The fourth-order valence-corrected chi connectivity index (χ4v) is 10.1. The van der Waals surface area contributed by atoms with Gasteiger partial charge in [-0.2, -0.15) is 0 Å². The Bertz CT molecular complexity index is 3540. The number of nitrogens with one attached hydrogen (secondary N) is 3. The van der Waals surface area contributed by atoms with Crippen LogP contribution in [0.5, 0.6) is 0 Å². The molecular weight excluding hydrogens is 1400 g/mol. The minimum absolute atomic E-state index is 0. The maximum absolute atomic E-state index is 13.3. The molecule has 0 saturated heterocycles. The highest BCUT2D eigenvalue weighted by Crippen LogP contribution is 2.27. The second-order valence-corrected chi connectivity index (χ2v) is 31.0. The smallest absolute Gasteiger partial charge is 0.408 e. The van der Waals surface area contributed by atoms with Crippen molar-refractivity contribution >= 4 is 79.0 Å². The van der Waals surface area contributed by atoms with Crippen LogP contribution in [0.3, 0.4) is 0 Å². The Kier molecular flexibility index (Phi) is 45.8. The number of Topliss-reactive ketones (excluding diaryl/α,β-unsaturated/α-hetero) is 3. The van der Waals surface area contributed by atoms with E-state index in [-0.39, 0.29) is 117 Å². The number of unbranched alkanes of at least 4 members (excludes halogenated alkanes) is 2. The van der Waals surface area contributed by atoms with Crippen LogP contribution in [0.15, 0.2) is 158 Å². The van der Waals surface area contributed by atoms with Crippen molar-refractivity contribution in [1.29, 1.82) is 0 Å². The number of halogens is 2. The lowest BCUT2D eigenvalue weighted by Gasteiger charge is -2.32. The predicted molar refractivity (Wildman–Crippen MR) is 425 cm³/mol. The first-order valence-corrected chi connectivity index (χ1v) is 35.8. The highest BCUT2D eigenvalue weighted by molar-refractivity contribution is 5.93. The molecular formula is C82H121Cl2N11O12.